The van der Waals surface area contributed by atoms with Gasteiger partial charge in [0, 0.05) is 20.3 Å². The number of rotatable bonds is 8. The van der Waals surface area contributed by atoms with Crippen molar-refractivity contribution in [2.75, 3.05) is 30.7 Å². The fraction of sp³-hybridized carbons (Fsp3) is 1.00. The average Bonchev–Trinajstić information content (AvgIpc) is 2.16. The van der Waals surface area contributed by atoms with Crippen LogP contribution < -0.4 is 0 Å². The molecule has 0 aromatic heterocycles. The fourth-order valence-corrected chi connectivity index (χ4v) is 1.25. The molecule has 0 unspecified atom stereocenters. The van der Waals surface area contributed by atoms with E-state index in [1.165, 1.54) is 0 Å². The number of hydrogen-bond acceptors (Lipinski definition) is 2. The monoisotopic (exact) mass is 444 g/mol. The minimum absolute atomic E-state index is 0.351. The summed E-state index contributed by atoms with van der Waals surface area (Å²) in [6.45, 7) is 1.67. The van der Waals surface area contributed by atoms with E-state index in [4.69, 9.17) is 9.47 Å². The third-order valence-corrected chi connectivity index (χ3v) is 5.58. The molecule has 2 nitrogen and oxygen atoms in total. The number of halogens is 4. The van der Waals surface area contributed by atoms with Crippen LogP contribution in [-0.4, -0.2) is 40.3 Å². The standard InChI is InChI=1S/C7H12Br4O2/c8-1-6(10)3-12-5-13-4-7(11)2-9/h6-7H,1-5H2/t6-,7-/m1/s1. The summed E-state index contributed by atoms with van der Waals surface area (Å²) in [7, 11) is 0. The predicted molar refractivity (Wildman–Crippen MR) is 69.8 cm³/mol. The van der Waals surface area contributed by atoms with Gasteiger partial charge < -0.3 is 9.47 Å². The average molecular weight is 448 g/mol. The minimum Gasteiger partial charge on any atom is -0.354 e. The van der Waals surface area contributed by atoms with Crippen molar-refractivity contribution in [3.05, 3.63) is 0 Å². The maximum atomic E-state index is 5.25. The summed E-state index contributed by atoms with van der Waals surface area (Å²) in [5.41, 5.74) is 0. The van der Waals surface area contributed by atoms with E-state index in [2.05, 4.69) is 63.7 Å². The summed E-state index contributed by atoms with van der Waals surface area (Å²) in [5.74, 6) is 0. The van der Waals surface area contributed by atoms with Gasteiger partial charge in [-0.3, -0.25) is 0 Å². The lowest BCUT2D eigenvalue weighted by molar-refractivity contribution is -0.0498. The third kappa shape index (κ3) is 10.1. The first-order chi connectivity index (χ1) is 6.20. The van der Waals surface area contributed by atoms with Gasteiger partial charge in [-0.25, -0.2) is 0 Å². The van der Waals surface area contributed by atoms with E-state index in [1.807, 2.05) is 0 Å². The van der Waals surface area contributed by atoms with Crippen molar-refractivity contribution < 1.29 is 9.47 Å². The Morgan fingerprint density at radius 1 is 0.846 bits per heavy atom. The van der Waals surface area contributed by atoms with Crippen molar-refractivity contribution in [3.8, 4) is 0 Å². The topological polar surface area (TPSA) is 18.5 Å². The third-order valence-electron chi connectivity index (χ3n) is 1.10. The van der Waals surface area contributed by atoms with Crippen LogP contribution in [0.2, 0.25) is 0 Å². The Morgan fingerprint density at radius 3 is 1.54 bits per heavy atom. The van der Waals surface area contributed by atoms with Crippen LogP contribution in [0, 0.1) is 0 Å². The van der Waals surface area contributed by atoms with E-state index in [1.54, 1.807) is 0 Å². The second-order valence-corrected chi connectivity index (χ2v) is 6.25. The van der Waals surface area contributed by atoms with Crippen molar-refractivity contribution in [3.63, 3.8) is 0 Å². The molecule has 2 atom stereocenters. The Bertz CT molecular complexity index is 103. The molecule has 0 aliphatic heterocycles. The fourth-order valence-electron chi connectivity index (χ4n) is 0.500. The molecule has 6 heteroatoms. The normalized spacial score (nSPS) is 15.7. The molecule has 80 valence electrons. The van der Waals surface area contributed by atoms with Crippen LogP contribution in [0.5, 0.6) is 0 Å². The molecule has 0 bridgehead atoms. The van der Waals surface area contributed by atoms with Gasteiger partial charge in [0.1, 0.15) is 6.79 Å². The molecule has 0 spiro atoms. The Labute approximate surface area is 113 Å². The predicted octanol–water partition coefficient (Wildman–Crippen LogP) is 3.29. The smallest absolute Gasteiger partial charge is 0.146 e. The van der Waals surface area contributed by atoms with Gasteiger partial charge >= 0.3 is 0 Å². The van der Waals surface area contributed by atoms with Crippen molar-refractivity contribution in [2.45, 2.75) is 9.65 Å². The summed E-state index contributed by atoms with van der Waals surface area (Å²) >= 11 is 13.5. The molecule has 0 heterocycles. The number of ether oxygens (including phenoxy) is 2. The van der Waals surface area contributed by atoms with E-state index in [-0.39, 0.29) is 0 Å². The van der Waals surface area contributed by atoms with E-state index < -0.39 is 0 Å². The van der Waals surface area contributed by atoms with Crippen LogP contribution in [-0.2, 0) is 9.47 Å². The molecule has 0 radical (unpaired) electrons. The highest BCUT2D eigenvalue weighted by Crippen LogP contribution is 2.05. The van der Waals surface area contributed by atoms with Crippen molar-refractivity contribution >= 4 is 63.7 Å². The summed E-state index contributed by atoms with van der Waals surface area (Å²) < 4.78 is 10.5. The highest BCUT2D eigenvalue weighted by Gasteiger charge is 2.03. The highest BCUT2D eigenvalue weighted by atomic mass is 79.9. The van der Waals surface area contributed by atoms with Crippen LogP contribution in [0.3, 0.4) is 0 Å². The molecule has 0 fully saturated rings. The van der Waals surface area contributed by atoms with Gasteiger partial charge in [-0.05, 0) is 0 Å². The van der Waals surface area contributed by atoms with E-state index >= 15 is 0 Å². The van der Waals surface area contributed by atoms with E-state index in [0.29, 0.717) is 29.7 Å². The zero-order chi connectivity index (χ0) is 10.1. The van der Waals surface area contributed by atoms with Crippen molar-refractivity contribution in [2.24, 2.45) is 0 Å². The summed E-state index contributed by atoms with van der Waals surface area (Å²) in [6, 6.07) is 0. The Morgan fingerprint density at radius 2 is 1.23 bits per heavy atom. The maximum absolute atomic E-state index is 5.25. The van der Waals surface area contributed by atoms with Crippen LogP contribution in [0.25, 0.3) is 0 Å². The van der Waals surface area contributed by atoms with Gasteiger partial charge in [0.25, 0.3) is 0 Å². The first-order valence-electron chi connectivity index (χ1n) is 3.76. The number of alkyl halides is 4. The highest BCUT2D eigenvalue weighted by molar-refractivity contribution is 9.12. The molecule has 0 amide bonds. The number of hydrogen-bond donors (Lipinski definition) is 0. The SMILES string of the molecule is BrC[C@@H](Br)COCOC[C@H](Br)CBr. The lowest BCUT2D eigenvalue weighted by atomic mass is 10.5. The van der Waals surface area contributed by atoms with Crippen LogP contribution >= 0.6 is 63.7 Å². The Hall–Kier alpha value is 1.84. The van der Waals surface area contributed by atoms with Gasteiger partial charge in [-0.1, -0.05) is 63.7 Å². The molecular weight excluding hydrogens is 436 g/mol. The van der Waals surface area contributed by atoms with Crippen molar-refractivity contribution in [1.29, 1.82) is 0 Å². The summed E-state index contributed by atoms with van der Waals surface area (Å²) in [5, 5.41) is 1.77. The molecule has 0 saturated heterocycles. The van der Waals surface area contributed by atoms with Gasteiger partial charge in [0.15, 0.2) is 0 Å². The molecule has 0 aliphatic carbocycles. The lowest BCUT2D eigenvalue weighted by Gasteiger charge is -2.09. The van der Waals surface area contributed by atoms with E-state index in [9.17, 15) is 0 Å². The molecule has 0 aromatic rings. The van der Waals surface area contributed by atoms with Crippen molar-refractivity contribution in [1.82, 2.24) is 0 Å². The Balaban J connectivity index is 3.08. The lowest BCUT2D eigenvalue weighted by Crippen LogP contribution is -2.15. The van der Waals surface area contributed by atoms with Gasteiger partial charge in [-0.2, -0.15) is 0 Å². The molecule has 0 aromatic carbocycles. The quantitative estimate of drug-likeness (QED) is 0.323. The molecular formula is C7H12Br4O2. The first-order valence-corrected chi connectivity index (χ1v) is 7.83. The van der Waals surface area contributed by atoms with E-state index in [0.717, 1.165) is 10.7 Å². The maximum Gasteiger partial charge on any atom is 0.146 e. The molecule has 0 N–H and O–H groups in total. The molecule has 13 heavy (non-hydrogen) atoms. The summed E-state index contributed by atoms with van der Waals surface area (Å²) in [6.07, 6.45) is 0. The zero-order valence-corrected chi connectivity index (χ0v) is 13.4. The first kappa shape index (κ1) is 14.8. The minimum atomic E-state index is 0.351. The second kappa shape index (κ2) is 10.4. The van der Waals surface area contributed by atoms with Crippen LogP contribution in [0.15, 0.2) is 0 Å². The molecule has 0 rings (SSSR count). The van der Waals surface area contributed by atoms with Gasteiger partial charge in [0.05, 0.1) is 13.2 Å². The van der Waals surface area contributed by atoms with Gasteiger partial charge in [0.2, 0.25) is 0 Å². The Kier molecular flexibility index (Phi) is 11.8. The van der Waals surface area contributed by atoms with Gasteiger partial charge in [-0.15, -0.1) is 0 Å². The van der Waals surface area contributed by atoms with Crippen LogP contribution in [0.4, 0.5) is 0 Å². The molecule has 0 saturated carbocycles. The van der Waals surface area contributed by atoms with Crippen LogP contribution in [0.1, 0.15) is 0 Å². The zero-order valence-electron chi connectivity index (χ0n) is 7.02. The molecule has 0 aliphatic rings. The summed E-state index contributed by atoms with van der Waals surface area (Å²) in [4.78, 5) is 0.707. The largest absolute Gasteiger partial charge is 0.354 e. The second-order valence-electron chi connectivity index (χ2n) is 2.36.